The van der Waals surface area contributed by atoms with E-state index in [2.05, 4.69) is 98.9 Å². The number of allylic oxidation sites excluding steroid dienone is 14. The molecule has 0 aliphatic heterocycles. The van der Waals surface area contributed by atoms with Crippen molar-refractivity contribution in [2.75, 3.05) is 26.4 Å². The first-order chi connectivity index (χ1) is 27.8. The minimum atomic E-state index is -4.40. The summed E-state index contributed by atoms with van der Waals surface area (Å²) in [5, 5.41) is 0. The maximum Gasteiger partial charge on any atom is 0.472 e. The molecule has 0 amide bonds. The minimum Gasteiger partial charge on any atom is -0.462 e. The average molecular weight is 818 g/mol. The Balaban J connectivity index is 4.28. The summed E-state index contributed by atoms with van der Waals surface area (Å²) in [5.41, 5.74) is 5.34. The van der Waals surface area contributed by atoms with Gasteiger partial charge in [0.1, 0.15) is 6.61 Å². The molecule has 0 aliphatic carbocycles. The molecule has 0 rings (SSSR count). The Morgan fingerprint density at radius 2 is 0.912 bits per heavy atom. The molecule has 2 atom stereocenters. The number of ether oxygens (including phenoxy) is 2. The Morgan fingerprint density at radius 1 is 0.526 bits per heavy atom. The summed E-state index contributed by atoms with van der Waals surface area (Å²) < 4.78 is 32.7. The third-order valence-electron chi connectivity index (χ3n) is 8.75. The molecule has 0 aromatic carbocycles. The van der Waals surface area contributed by atoms with E-state index in [0.29, 0.717) is 12.8 Å². The molecule has 10 heteroatoms. The molecular formula is C47H80NO8P. The fourth-order valence-electron chi connectivity index (χ4n) is 5.45. The van der Waals surface area contributed by atoms with E-state index in [1.165, 1.54) is 51.4 Å². The van der Waals surface area contributed by atoms with E-state index in [4.69, 9.17) is 24.3 Å². The van der Waals surface area contributed by atoms with Crippen molar-refractivity contribution in [1.82, 2.24) is 0 Å². The largest absolute Gasteiger partial charge is 0.472 e. The summed E-state index contributed by atoms with van der Waals surface area (Å²) in [4.78, 5) is 34.9. The molecule has 326 valence electrons. The Labute approximate surface area is 347 Å². The number of carbonyl (C=O) groups is 2. The number of hydrogen-bond donors (Lipinski definition) is 2. The molecule has 0 aliphatic rings. The topological polar surface area (TPSA) is 134 Å². The van der Waals surface area contributed by atoms with Gasteiger partial charge in [-0.25, -0.2) is 4.57 Å². The van der Waals surface area contributed by atoms with Crippen molar-refractivity contribution >= 4 is 19.8 Å². The fourth-order valence-corrected chi connectivity index (χ4v) is 6.21. The van der Waals surface area contributed by atoms with E-state index in [-0.39, 0.29) is 32.6 Å². The number of rotatable bonds is 40. The molecule has 3 N–H and O–H groups in total. The molecule has 1 unspecified atom stereocenters. The standard InChI is InChI=1S/C47H80NO8P/c1-3-5-7-9-11-13-15-17-19-21-22-24-26-28-30-32-34-36-38-40-47(50)56-45(44-55-57(51,52)54-42-41-48)43-53-46(49)39-37-35-33-31-29-27-25-23-20-18-16-14-12-10-8-6-4-2/h11-14,17-20,22,24-25,27-28,30,45H,3-10,15-16,21,23,26,29,31-44,48H2,1-2H3,(H,51,52)/t45-/m1/s1. The highest BCUT2D eigenvalue weighted by atomic mass is 31.2. The zero-order chi connectivity index (χ0) is 41.8. The lowest BCUT2D eigenvalue weighted by Crippen LogP contribution is -2.29. The molecule has 0 saturated carbocycles. The number of nitrogens with two attached hydrogens (primary N) is 1. The Bertz CT molecular complexity index is 1210. The normalized spacial score (nSPS) is 14.1. The lowest BCUT2D eigenvalue weighted by Gasteiger charge is -2.19. The molecule has 0 aromatic heterocycles. The van der Waals surface area contributed by atoms with Gasteiger partial charge >= 0.3 is 19.8 Å². The van der Waals surface area contributed by atoms with E-state index in [1.807, 2.05) is 0 Å². The first-order valence-corrected chi connectivity index (χ1v) is 23.6. The van der Waals surface area contributed by atoms with Gasteiger partial charge in [-0.3, -0.25) is 18.6 Å². The van der Waals surface area contributed by atoms with Crippen LogP contribution < -0.4 is 5.73 Å². The summed E-state index contributed by atoms with van der Waals surface area (Å²) in [6, 6.07) is 0. The van der Waals surface area contributed by atoms with Gasteiger partial charge in [0.05, 0.1) is 13.2 Å². The van der Waals surface area contributed by atoms with Crippen LogP contribution in [0.25, 0.3) is 0 Å². The molecule has 0 aromatic rings. The van der Waals surface area contributed by atoms with E-state index in [9.17, 15) is 19.0 Å². The van der Waals surface area contributed by atoms with Crippen molar-refractivity contribution in [2.24, 2.45) is 5.73 Å². The monoisotopic (exact) mass is 818 g/mol. The summed E-state index contributed by atoms with van der Waals surface area (Å²) in [5.74, 6) is -0.898. The van der Waals surface area contributed by atoms with Gasteiger partial charge in [0.15, 0.2) is 6.10 Å². The number of phosphoric ester groups is 1. The molecule has 0 radical (unpaired) electrons. The third kappa shape index (κ3) is 42.6. The van der Waals surface area contributed by atoms with Gasteiger partial charge in [0.2, 0.25) is 0 Å². The van der Waals surface area contributed by atoms with Crippen molar-refractivity contribution in [2.45, 2.75) is 174 Å². The number of unbranched alkanes of at least 4 members (excludes halogenated alkanes) is 13. The maximum atomic E-state index is 12.6. The SMILES string of the molecule is CCCCCC=CCC=CCC=CCC=CCCCCCC(=O)O[C@H](COC(=O)CCCCCCC=CCC=CCC=CCCCCC)COP(=O)(O)OCCN. The highest BCUT2D eigenvalue weighted by Gasteiger charge is 2.25. The van der Waals surface area contributed by atoms with Crippen molar-refractivity contribution in [3.63, 3.8) is 0 Å². The van der Waals surface area contributed by atoms with Crippen LogP contribution in [0, 0.1) is 0 Å². The average Bonchev–Trinajstić information content (AvgIpc) is 3.20. The predicted molar refractivity (Wildman–Crippen MR) is 238 cm³/mol. The predicted octanol–water partition coefficient (Wildman–Crippen LogP) is 12.8. The van der Waals surface area contributed by atoms with Crippen molar-refractivity contribution in [3.8, 4) is 0 Å². The molecule has 0 fully saturated rings. The van der Waals surface area contributed by atoms with Gasteiger partial charge in [0.25, 0.3) is 0 Å². The van der Waals surface area contributed by atoms with Crippen LogP contribution in [0.3, 0.4) is 0 Å². The number of hydrogen-bond acceptors (Lipinski definition) is 8. The van der Waals surface area contributed by atoms with Crippen LogP contribution in [0.4, 0.5) is 0 Å². The van der Waals surface area contributed by atoms with Crippen LogP contribution in [0.15, 0.2) is 85.1 Å². The Hall–Kier alpha value is -2.81. The van der Waals surface area contributed by atoms with Gasteiger partial charge in [0, 0.05) is 19.4 Å². The van der Waals surface area contributed by atoms with Gasteiger partial charge in [-0.2, -0.15) is 0 Å². The fraction of sp³-hybridized carbons (Fsp3) is 0.660. The zero-order valence-electron chi connectivity index (χ0n) is 35.8. The first-order valence-electron chi connectivity index (χ1n) is 22.1. The van der Waals surface area contributed by atoms with E-state index >= 15 is 0 Å². The summed E-state index contributed by atoms with van der Waals surface area (Å²) in [7, 11) is -4.40. The van der Waals surface area contributed by atoms with Crippen LogP contribution in [-0.4, -0.2) is 49.3 Å². The van der Waals surface area contributed by atoms with Crippen molar-refractivity contribution in [1.29, 1.82) is 0 Å². The molecule has 0 saturated heterocycles. The van der Waals surface area contributed by atoms with Crippen LogP contribution in [0.2, 0.25) is 0 Å². The first kappa shape index (κ1) is 54.2. The van der Waals surface area contributed by atoms with E-state index in [0.717, 1.165) is 77.0 Å². The number of carbonyl (C=O) groups excluding carboxylic acids is 2. The van der Waals surface area contributed by atoms with Gasteiger partial charge in [-0.1, -0.05) is 144 Å². The van der Waals surface area contributed by atoms with E-state index in [1.54, 1.807) is 0 Å². The molecule has 0 heterocycles. The number of phosphoric acid groups is 1. The lowest BCUT2D eigenvalue weighted by molar-refractivity contribution is -0.161. The second-order valence-corrected chi connectivity index (χ2v) is 15.7. The van der Waals surface area contributed by atoms with Crippen LogP contribution in [0.1, 0.15) is 168 Å². The second kappa shape index (κ2) is 42.8. The summed E-state index contributed by atoms with van der Waals surface area (Å²) >= 11 is 0. The smallest absolute Gasteiger partial charge is 0.462 e. The molecule has 57 heavy (non-hydrogen) atoms. The highest BCUT2D eigenvalue weighted by molar-refractivity contribution is 7.47. The Kier molecular flexibility index (Phi) is 40.7. The molecule has 0 spiro atoms. The minimum absolute atomic E-state index is 0.0399. The number of esters is 2. The summed E-state index contributed by atoms with van der Waals surface area (Å²) in [6.07, 6.45) is 53.2. The third-order valence-corrected chi connectivity index (χ3v) is 9.74. The van der Waals surface area contributed by atoms with Crippen LogP contribution >= 0.6 is 7.82 Å². The molecule has 9 nitrogen and oxygen atoms in total. The van der Waals surface area contributed by atoms with E-state index < -0.39 is 32.5 Å². The maximum absolute atomic E-state index is 12.6. The van der Waals surface area contributed by atoms with Crippen molar-refractivity contribution in [3.05, 3.63) is 85.1 Å². The van der Waals surface area contributed by atoms with Crippen LogP contribution in [0.5, 0.6) is 0 Å². The van der Waals surface area contributed by atoms with Gasteiger partial charge < -0.3 is 20.1 Å². The van der Waals surface area contributed by atoms with Gasteiger partial charge in [-0.05, 0) is 96.3 Å². The van der Waals surface area contributed by atoms with Crippen LogP contribution in [-0.2, 0) is 32.7 Å². The highest BCUT2D eigenvalue weighted by Crippen LogP contribution is 2.43. The Morgan fingerprint density at radius 3 is 1.35 bits per heavy atom. The zero-order valence-corrected chi connectivity index (χ0v) is 36.7. The lowest BCUT2D eigenvalue weighted by atomic mass is 10.1. The summed E-state index contributed by atoms with van der Waals surface area (Å²) in [6.45, 7) is 3.59. The van der Waals surface area contributed by atoms with Crippen molar-refractivity contribution < 1.29 is 37.6 Å². The quantitative estimate of drug-likeness (QED) is 0.0268. The molecular weight excluding hydrogens is 737 g/mol. The van der Waals surface area contributed by atoms with Gasteiger partial charge in [-0.15, -0.1) is 0 Å². The molecule has 0 bridgehead atoms. The second-order valence-electron chi connectivity index (χ2n) is 14.2.